The largest absolute Gasteiger partial charge is 0.350 e. The monoisotopic (exact) mass is 307 g/mol. The molecule has 0 spiro atoms. The topological polar surface area (TPSA) is 71.8 Å². The summed E-state index contributed by atoms with van der Waals surface area (Å²) >= 11 is 0. The molecule has 6 nitrogen and oxygen atoms in total. The van der Waals surface area contributed by atoms with Crippen molar-refractivity contribution in [3.63, 3.8) is 0 Å². The maximum Gasteiger partial charge on any atom is 0.273 e. The third-order valence-electron chi connectivity index (χ3n) is 3.44. The predicted molar refractivity (Wildman–Crippen MR) is 82.0 cm³/mol. The minimum Gasteiger partial charge on any atom is -0.350 e. The Balaban J connectivity index is 0.00000161. The summed E-state index contributed by atoms with van der Waals surface area (Å²) in [5.41, 5.74) is 2.42. The Bertz CT molecular complexity index is 606. The maximum atomic E-state index is 11.9. The number of carbonyl (C=O) groups excluding carboxylic acids is 1. The van der Waals surface area contributed by atoms with Gasteiger partial charge >= 0.3 is 0 Å². The fraction of sp³-hybridized carbons (Fsp3) is 0.357. The van der Waals surface area contributed by atoms with E-state index < -0.39 is 0 Å². The lowest BCUT2D eigenvalue weighted by molar-refractivity contribution is 0.0937. The Morgan fingerprint density at radius 1 is 1.38 bits per heavy atom. The highest BCUT2D eigenvalue weighted by Gasteiger charge is 2.18. The van der Waals surface area contributed by atoms with Crippen LogP contribution in [0.3, 0.4) is 0 Å². The first-order chi connectivity index (χ1) is 9.72. The number of hydrogen-bond acceptors (Lipinski definition) is 4. The molecule has 1 amide bonds. The Labute approximate surface area is 129 Å². The highest BCUT2D eigenvalue weighted by atomic mass is 35.5. The second kappa shape index (κ2) is 6.69. The first-order valence-corrected chi connectivity index (χ1v) is 6.70. The van der Waals surface area contributed by atoms with E-state index in [9.17, 15) is 4.79 Å². The van der Waals surface area contributed by atoms with Crippen LogP contribution in [0.25, 0.3) is 5.69 Å². The molecule has 0 bridgehead atoms. The summed E-state index contributed by atoms with van der Waals surface area (Å²) in [4.78, 5) is 11.9. The van der Waals surface area contributed by atoms with Crippen LogP contribution in [0.4, 0.5) is 0 Å². The summed E-state index contributed by atoms with van der Waals surface area (Å²) in [6.45, 7) is 4.65. The second-order valence-corrected chi connectivity index (χ2v) is 5.12. The third-order valence-corrected chi connectivity index (χ3v) is 3.44. The number of carbonyl (C=O) groups is 1. The van der Waals surface area contributed by atoms with E-state index >= 15 is 0 Å². The lowest BCUT2D eigenvalue weighted by atomic mass is 10.0. The number of halogens is 1. The van der Waals surface area contributed by atoms with Crippen LogP contribution in [0.2, 0.25) is 0 Å². The van der Waals surface area contributed by atoms with Crippen LogP contribution in [0.5, 0.6) is 0 Å². The Morgan fingerprint density at radius 2 is 2.10 bits per heavy atom. The van der Waals surface area contributed by atoms with Crippen molar-refractivity contribution in [2.24, 2.45) is 5.92 Å². The summed E-state index contributed by atoms with van der Waals surface area (Å²) < 4.78 is 1.61. The Hall–Kier alpha value is -1.92. The molecule has 0 unspecified atom stereocenters. The fourth-order valence-electron chi connectivity index (χ4n) is 2.01. The summed E-state index contributed by atoms with van der Waals surface area (Å²) in [6, 6.07) is 7.90. The van der Waals surface area contributed by atoms with Gasteiger partial charge in [0.15, 0.2) is 5.69 Å². The minimum atomic E-state index is -0.171. The van der Waals surface area contributed by atoms with Gasteiger partial charge in [-0.15, -0.1) is 17.5 Å². The standard InChI is InChI=1S/C14H17N5O.ClH/c1-10-2-4-12(5-3-10)19-9-13(17-18-19)14(20)16-8-11-6-15-7-11;/h2-5,9,11,15H,6-8H2,1H3,(H,16,20);1H. The molecule has 21 heavy (non-hydrogen) atoms. The zero-order chi connectivity index (χ0) is 13.9. The summed E-state index contributed by atoms with van der Waals surface area (Å²) in [5.74, 6) is 0.362. The molecule has 1 saturated heterocycles. The number of nitrogens with one attached hydrogen (secondary N) is 2. The minimum absolute atomic E-state index is 0. The molecule has 1 aromatic carbocycles. The van der Waals surface area contributed by atoms with E-state index in [0.29, 0.717) is 18.2 Å². The molecule has 1 fully saturated rings. The molecule has 7 heteroatoms. The van der Waals surface area contributed by atoms with Crippen molar-refractivity contribution in [2.45, 2.75) is 6.92 Å². The van der Waals surface area contributed by atoms with Crippen LogP contribution < -0.4 is 10.6 Å². The average Bonchev–Trinajstić information content (AvgIpc) is 2.87. The summed E-state index contributed by atoms with van der Waals surface area (Å²) in [5, 5.41) is 14.0. The number of aryl methyl sites for hydroxylation is 1. The van der Waals surface area contributed by atoms with Crippen molar-refractivity contribution >= 4 is 18.3 Å². The van der Waals surface area contributed by atoms with E-state index in [-0.39, 0.29) is 18.3 Å². The highest BCUT2D eigenvalue weighted by Crippen LogP contribution is 2.08. The van der Waals surface area contributed by atoms with Crippen LogP contribution in [0.15, 0.2) is 30.5 Å². The van der Waals surface area contributed by atoms with Crippen LogP contribution in [0.1, 0.15) is 16.1 Å². The van der Waals surface area contributed by atoms with Gasteiger partial charge < -0.3 is 10.6 Å². The van der Waals surface area contributed by atoms with Crippen LogP contribution in [0, 0.1) is 12.8 Å². The van der Waals surface area contributed by atoms with Gasteiger partial charge in [-0.05, 0) is 19.1 Å². The van der Waals surface area contributed by atoms with Crippen molar-refractivity contribution in [1.82, 2.24) is 25.6 Å². The van der Waals surface area contributed by atoms with Gasteiger partial charge in [-0.3, -0.25) is 4.79 Å². The lowest BCUT2D eigenvalue weighted by Crippen LogP contribution is -2.48. The molecule has 2 aromatic rings. The summed E-state index contributed by atoms with van der Waals surface area (Å²) in [6.07, 6.45) is 1.65. The van der Waals surface area contributed by atoms with Gasteiger partial charge in [-0.2, -0.15) is 0 Å². The Kier molecular flexibility index (Phi) is 4.93. The van der Waals surface area contributed by atoms with E-state index in [0.717, 1.165) is 18.8 Å². The molecule has 0 aliphatic carbocycles. The van der Waals surface area contributed by atoms with Gasteiger partial charge in [-0.1, -0.05) is 22.9 Å². The van der Waals surface area contributed by atoms with Gasteiger partial charge in [0.2, 0.25) is 0 Å². The van der Waals surface area contributed by atoms with Crippen molar-refractivity contribution in [3.8, 4) is 5.69 Å². The second-order valence-electron chi connectivity index (χ2n) is 5.12. The number of benzene rings is 1. The molecule has 2 heterocycles. The molecular weight excluding hydrogens is 290 g/mol. The third kappa shape index (κ3) is 3.59. The first-order valence-electron chi connectivity index (χ1n) is 6.70. The van der Waals surface area contributed by atoms with Crippen molar-refractivity contribution < 1.29 is 4.79 Å². The molecule has 1 aliphatic rings. The molecule has 112 valence electrons. The number of hydrogen-bond donors (Lipinski definition) is 2. The zero-order valence-electron chi connectivity index (χ0n) is 11.7. The van der Waals surface area contributed by atoms with Crippen molar-refractivity contribution in [3.05, 3.63) is 41.7 Å². The number of rotatable bonds is 4. The number of nitrogens with zero attached hydrogens (tertiary/aromatic N) is 3. The molecule has 0 saturated carbocycles. The van der Waals surface area contributed by atoms with E-state index in [1.165, 1.54) is 5.56 Å². The van der Waals surface area contributed by atoms with Crippen LogP contribution in [-0.4, -0.2) is 40.5 Å². The molecule has 1 aliphatic heterocycles. The van der Waals surface area contributed by atoms with Crippen molar-refractivity contribution in [1.29, 1.82) is 0 Å². The number of aromatic nitrogens is 3. The first kappa shape index (κ1) is 15.5. The molecular formula is C14H18ClN5O. The van der Waals surface area contributed by atoms with Gasteiger partial charge in [0.05, 0.1) is 11.9 Å². The average molecular weight is 308 g/mol. The number of amides is 1. The smallest absolute Gasteiger partial charge is 0.273 e. The van der Waals surface area contributed by atoms with Gasteiger partial charge in [-0.25, -0.2) is 4.68 Å². The predicted octanol–water partition coefficient (Wildman–Crippen LogP) is 0.947. The zero-order valence-corrected chi connectivity index (χ0v) is 12.6. The molecule has 0 radical (unpaired) electrons. The van der Waals surface area contributed by atoms with Gasteiger partial charge in [0.25, 0.3) is 5.91 Å². The van der Waals surface area contributed by atoms with Crippen LogP contribution >= 0.6 is 12.4 Å². The fourth-order valence-corrected chi connectivity index (χ4v) is 2.01. The normalized spacial score (nSPS) is 14.1. The summed E-state index contributed by atoms with van der Waals surface area (Å²) in [7, 11) is 0. The SMILES string of the molecule is Cc1ccc(-n2cc(C(=O)NCC3CNC3)nn2)cc1.Cl. The quantitative estimate of drug-likeness (QED) is 0.882. The van der Waals surface area contributed by atoms with Gasteiger partial charge in [0.1, 0.15) is 0 Å². The maximum absolute atomic E-state index is 11.9. The molecule has 3 rings (SSSR count). The molecule has 0 atom stereocenters. The molecule has 1 aromatic heterocycles. The van der Waals surface area contributed by atoms with E-state index in [4.69, 9.17) is 0 Å². The lowest BCUT2D eigenvalue weighted by Gasteiger charge is -2.26. The Morgan fingerprint density at radius 3 is 2.71 bits per heavy atom. The van der Waals surface area contributed by atoms with Crippen LogP contribution in [-0.2, 0) is 0 Å². The molecule has 2 N–H and O–H groups in total. The highest BCUT2D eigenvalue weighted by molar-refractivity contribution is 5.91. The van der Waals surface area contributed by atoms with E-state index in [1.54, 1.807) is 10.9 Å². The van der Waals surface area contributed by atoms with Gasteiger partial charge in [0, 0.05) is 25.6 Å². The van der Waals surface area contributed by atoms with E-state index in [1.807, 2.05) is 31.2 Å². The van der Waals surface area contributed by atoms with E-state index in [2.05, 4.69) is 20.9 Å². The van der Waals surface area contributed by atoms with Crippen molar-refractivity contribution in [2.75, 3.05) is 19.6 Å².